The van der Waals surface area contributed by atoms with Crippen LogP contribution in [0.5, 0.6) is 0 Å². The van der Waals surface area contributed by atoms with E-state index in [1.165, 1.54) is 12.1 Å². The van der Waals surface area contributed by atoms with Crippen LogP contribution in [0.15, 0.2) is 18.2 Å². The van der Waals surface area contributed by atoms with Crippen LogP contribution in [-0.2, 0) is 9.53 Å². The van der Waals surface area contributed by atoms with E-state index in [1.807, 2.05) is 0 Å². The number of rotatable bonds is 3. The second-order valence-electron chi connectivity index (χ2n) is 4.19. The molecule has 2 rings (SSSR count). The minimum absolute atomic E-state index is 0.0600. The Bertz CT molecular complexity index is 522. The van der Waals surface area contributed by atoms with E-state index in [9.17, 15) is 14.0 Å². The highest BCUT2D eigenvalue weighted by Gasteiger charge is 2.35. The second-order valence-corrected chi connectivity index (χ2v) is 4.60. The van der Waals surface area contributed by atoms with Crippen LogP contribution in [-0.4, -0.2) is 36.2 Å². The topological polar surface area (TPSA) is 75.6 Å². The van der Waals surface area contributed by atoms with Crippen molar-refractivity contribution in [1.82, 2.24) is 5.32 Å². The lowest BCUT2D eigenvalue weighted by Crippen LogP contribution is -2.42. The molecule has 0 spiro atoms. The number of carboxylic acid groups (broad SMARTS) is 1. The lowest BCUT2D eigenvalue weighted by Gasteiger charge is -2.15. The van der Waals surface area contributed by atoms with Crippen molar-refractivity contribution in [2.45, 2.75) is 6.04 Å². The van der Waals surface area contributed by atoms with Gasteiger partial charge in [-0.2, -0.15) is 0 Å². The summed E-state index contributed by atoms with van der Waals surface area (Å²) in [5, 5.41) is 11.3. The number of hydrogen-bond donors (Lipinski definition) is 2. The van der Waals surface area contributed by atoms with Crippen LogP contribution in [0.25, 0.3) is 0 Å². The van der Waals surface area contributed by atoms with E-state index >= 15 is 0 Å². The van der Waals surface area contributed by atoms with Crippen molar-refractivity contribution in [2.75, 3.05) is 13.2 Å². The minimum Gasteiger partial charge on any atom is -0.481 e. The van der Waals surface area contributed by atoms with Gasteiger partial charge in [-0.15, -0.1) is 0 Å². The molecular formula is C12H11ClFNO4. The summed E-state index contributed by atoms with van der Waals surface area (Å²) < 4.78 is 18.0. The minimum atomic E-state index is -1.03. The Hall–Kier alpha value is -1.66. The van der Waals surface area contributed by atoms with E-state index in [1.54, 1.807) is 0 Å². The molecule has 0 radical (unpaired) electrons. The number of amides is 1. The van der Waals surface area contributed by atoms with Crippen molar-refractivity contribution in [2.24, 2.45) is 5.92 Å². The fourth-order valence-corrected chi connectivity index (χ4v) is 2.01. The summed E-state index contributed by atoms with van der Waals surface area (Å²) in [5.74, 6) is -2.94. The lowest BCUT2D eigenvalue weighted by molar-refractivity contribution is -0.142. The Morgan fingerprint density at radius 3 is 2.79 bits per heavy atom. The number of benzene rings is 1. The summed E-state index contributed by atoms with van der Waals surface area (Å²) >= 11 is 5.58. The van der Waals surface area contributed by atoms with Gasteiger partial charge < -0.3 is 15.2 Å². The van der Waals surface area contributed by atoms with Gasteiger partial charge in [0, 0.05) is 5.56 Å². The summed E-state index contributed by atoms with van der Waals surface area (Å²) in [6.07, 6.45) is 0. The van der Waals surface area contributed by atoms with Gasteiger partial charge in [0.1, 0.15) is 11.7 Å². The predicted octanol–water partition coefficient (Wildman–Crippen LogP) is 1.31. The number of ether oxygens (including phenoxy) is 1. The van der Waals surface area contributed by atoms with Gasteiger partial charge in [-0.25, -0.2) is 4.39 Å². The Labute approximate surface area is 113 Å². The molecule has 2 unspecified atom stereocenters. The molecule has 0 saturated carbocycles. The Kier molecular flexibility index (Phi) is 4.01. The van der Waals surface area contributed by atoms with Gasteiger partial charge in [-0.05, 0) is 18.2 Å². The van der Waals surface area contributed by atoms with Gasteiger partial charge >= 0.3 is 5.97 Å². The normalized spacial score (nSPS) is 22.2. The highest BCUT2D eigenvalue weighted by molar-refractivity contribution is 6.31. The van der Waals surface area contributed by atoms with Crippen molar-refractivity contribution in [1.29, 1.82) is 0 Å². The third-order valence-corrected chi connectivity index (χ3v) is 3.19. The van der Waals surface area contributed by atoms with Crippen LogP contribution in [0.1, 0.15) is 10.4 Å². The number of hydrogen-bond acceptors (Lipinski definition) is 3. The summed E-state index contributed by atoms with van der Waals surface area (Å²) in [7, 11) is 0. The number of carboxylic acids is 1. The van der Waals surface area contributed by atoms with E-state index in [4.69, 9.17) is 21.4 Å². The number of aliphatic carboxylic acids is 1. The van der Waals surface area contributed by atoms with Crippen molar-refractivity contribution >= 4 is 23.5 Å². The van der Waals surface area contributed by atoms with Crippen LogP contribution in [0.3, 0.4) is 0 Å². The van der Waals surface area contributed by atoms with E-state index < -0.39 is 29.7 Å². The highest BCUT2D eigenvalue weighted by Crippen LogP contribution is 2.18. The molecule has 0 aliphatic carbocycles. The first-order valence-corrected chi connectivity index (χ1v) is 5.93. The molecule has 102 valence electrons. The van der Waals surface area contributed by atoms with Crippen LogP contribution in [0, 0.1) is 11.7 Å². The fourth-order valence-electron chi connectivity index (χ4n) is 1.83. The third-order valence-electron chi connectivity index (χ3n) is 2.90. The number of carbonyl (C=O) groups is 2. The van der Waals surface area contributed by atoms with Gasteiger partial charge in [0.25, 0.3) is 5.91 Å². The highest BCUT2D eigenvalue weighted by atomic mass is 35.5. The first kappa shape index (κ1) is 13.8. The zero-order valence-corrected chi connectivity index (χ0v) is 10.5. The molecule has 2 atom stereocenters. The number of carbonyl (C=O) groups excluding carboxylic acids is 1. The SMILES string of the molecule is O=C(NC1COCC1C(=O)O)c1ccc(F)c(Cl)c1. The average molecular weight is 288 g/mol. The molecule has 1 heterocycles. The molecule has 1 aromatic rings. The summed E-state index contributed by atoms with van der Waals surface area (Å²) in [4.78, 5) is 22.8. The molecule has 19 heavy (non-hydrogen) atoms. The average Bonchev–Trinajstić information content (AvgIpc) is 2.80. The maximum absolute atomic E-state index is 13.0. The Morgan fingerprint density at radius 2 is 2.16 bits per heavy atom. The van der Waals surface area contributed by atoms with Gasteiger partial charge in [-0.1, -0.05) is 11.6 Å². The summed E-state index contributed by atoms with van der Waals surface area (Å²) in [5.41, 5.74) is 0.169. The lowest BCUT2D eigenvalue weighted by atomic mass is 10.0. The number of halogens is 2. The maximum atomic E-state index is 13.0. The molecule has 5 nitrogen and oxygen atoms in total. The van der Waals surface area contributed by atoms with Gasteiger partial charge in [-0.3, -0.25) is 9.59 Å². The smallest absolute Gasteiger partial charge is 0.311 e. The largest absolute Gasteiger partial charge is 0.481 e. The van der Waals surface area contributed by atoms with Crippen molar-refractivity contribution in [3.05, 3.63) is 34.6 Å². The molecular weight excluding hydrogens is 277 g/mol. The molecule has 1 saturated heterocycles. The first-order chi connectivity index (χ1) is 8.99. The van der Waals surface area contributed by atoms with E-state index in [-0.39, 0.29) is 23.8 Å². The first-order valence-electron chi connectivity index (χ1n) is 5.55. The van der Waals surface area contributed by atoms with Crippen molar-refractivity contribution in [3.63, 3.8) is 0 Å². The molecule has 1 aliphatic heterocycles. The second kappa shape index (κ2) is 5.54. The zero-order valence-electron chi connectivity index (χ0n) is 9.73. The van der Waals surface area contributed by atoms with Crippen molar-refractivity contribution in [3.8, 4) is 0 Å². The summed E-state index contributed by atoms with van der Waals surface area (Å²) in [6, 6.07) is 2.95. The number of nitrogens with one attached hydrogen (secondary N) is 1. The quantitative estimate of drug-likeness (QED) is 0.879. The van der Waals surface area contributed by atoms with E-state index in [0.717, 1.165) is 6.07 Å². The van der Waals surface area contributed by atoms with Crippen LogP contribution < -0.4 is 5.32 Å². The van der Waals surface area contributed by atoms with E-state index in [2.05, 4.69) is 5.32 Å². The standard InChI is InChI=1S/C12H11ClFNO4/c13-8-3-6(1-2-9(8)14)11(16)15-10-5-19-4-7(10)12(17)18/h1-3,7,10H,4-5H2,(H,15,16)(H,17,18). The predicted molar refractivity (Wildman–Crippen MR) is 64.6 cm³/mol. The Balaban J connectivity index is 2.08. The monoisotopic (exact) mass is 287 g/mol. The van der Waals surface area contributed by atoms with Gasteiger partial charge in [0.2, 0.25) is 0 Å². The van der Waals surface area contributed by atoms with Crippen molar-refractivity contribution < 1.29 is 23.8 Å². The van der Waals surface area contributed by atoms with Gasteiger partial charge in [0.05, 0.1) is 24.3 Å². The Morgan fingerprint density at radius 1 is 1.42 bits per heavy atom. The molecule has 1 amide bonds. The third kappa shape index (κ3) is 3.02. The van der Waals surface area contributed by atoms with E-state index in [0.29, 0.717) is 0 Å². The van der Waals surface area contributed by atoms with Crippen LogP contribution in [0.2, 0.25) is 5.02 Å². The van der Waals surface area contributed by atoms with Gasteiger partial charge in [0.15, 0.2) is 0 Å². The molecule has 1 fully saturated rings. The summed E-state index contributed by atoms with van der Waals surface area (Å²) in [6.45, 7) is 0.197. The molecule has 1 aromatic carbocycles. The molecule has 1 aliphatic rings. The fraction of sp³-hybridized carbons (Fsp3) is 0.333. The molecule has 0 bridgehead atoms. The zero-order chi connectivity index (χ0) is 14.0. The molecule has 0 aromatic heterocycles. The van der Waals surface area contributed by atoms with Crippen LogP contribution >= 0.6 is 11.6 Å². The van der Waals surface area contributed by atoms with Crippen LogP contribution in [0.4, 0.5) is 4.39 Å². The maximum Gasteiger partial charge on any atom is 0.311 e. The molecule has 7 heteroatoms. The molecule has 2 N–H and O–H groups in total.